The van der Waals surface area contributed by atoms with E-state index in [0.717, 1.165) is 11.4 Å². The van der Waals surface area contributed by atoms with Crippen LogP contribution in [0, 0.1) is 13.8 Å². The molecule has 1 aliphatic heterocycles. The topological polar surface area (TPSA) is 63.1 Å². The molecule has 2 atom stereocenters. The predicted octanol–water partition coefficient (Wildman–Crippen LogP) is 1.75. The molecule has 1 aliphatic rings. The van der Waals surface area contributed by atoms with Crippen molar-refractivity contribution in [2.24, 2.45) is 0 Å². The maximum absolute atomic E-state index is 13.1. The summed E-state index contributed by atoms with van der Waals surface area (Å²) in [7, 11) is 3.56. The van der Waals surface area contributed by atoms with Gasteiger partial charge in [-0.3, -0.25) is 4.79 Å². The summed E-state index contributed by atoms with van der Waals surface area (Å²) in [6.07, 6.45) is 0. The fourth-order valence-corrected chi connectivity index (χ4v) is 3.67. The molecule has 6 nitrogen and oxygen atoms in total. The van der Waals surface area contributed by atoms with Gasteiger partial charge in [0.05, 0.1) is 14.2 Å². The molecule has 6 heteroatoms. The van der Waals surface area contributed by atoms with Crippen molar-refractivity contribution in [2.75, 3.05) is 20.8 Å². The first kappa shape index (κ1) is 19.9. The van der Waals surface area contributed by atoms with Crippen LogP contribution in [-0.4, -0.2) is 37.7 Å². The van der Waals surface area contributed by atoms with Crippen molar-refractivity contribution in [3.63, 3.8) is 0 Å². The summed E-state index contributed by atoms with van der Waals surface area (Å²) < 4.78 is 5.26. The SMILES string of the molecule is COc1cccc([C@]2(C)NC(=O)N(C[NH+](C)Cc3ccc(C)cc3C)C2=O)c1. The summed E-state index contributed by atoms with van der Waals surface area (Å²) in [6.45, 7) is 6.93. The van der Waals surface area contributed by atoms with E-state index in [-0.39, 0.29) is 11.9 Å². The minimum absolute atomic E-state index is 0.245. The van der Waals surface area contributed by atoms with Crippen molar-refractivity contribution in [1.82, 2.24) is 10.2 Å². The first-order valence-corrected chi connectivity index (χ1v) is 9.40. The van der Waals surface area contributed by atoms with E-state index in [2.05, 4.69) is 37.4 Å². The molecule has 1 fully saturated rings. The number of amides is 3. The molecule has 0 aromatic heterocycles. The van der Waals surface area contributed by atoms with Gasteiger partial charge in [0.1, 0.15) is 17.8 Å². The third-order valence-corrected chi connectivity index (χ3v) is 5.34. The molecule has 2 N–H and O–H groups in total. The second-order valence-electron chi connectivity index (χ2n) is 7.74. The molecule has 0 saturated carbocycles. The number of urea groups is 1. The number of ether oxygens (including phenoxy) is 1. The van der Waals surface area contributed by atoms with Crippen LogP contribution in [0.3, 0.4) is 0 Å². The van der Waals surface area contributed by atoms with Gasteiger partial charge in [-0.1, -0.05) is 35.9 Å². The van der Waals surface area contributed by atoms with Crippen molar-refractivity contribution >= 4 is 11.9 Å². The molecule has 0 aliphatic carbocycles. The average molecular weight is 382 g/mol. The van der Waals surface area contributed by atoms with Gasteiger partial charge in [-0.05, 0) is 44.0 Å². The quantitative estimate of drug-likeness (QED) is 0.749. The number of benzene rings is 2. The Kier molecular flexibility index (Phi) is 5.42. The van der Waals surface area contributed by atoms with Crippen LogP contribution in [0.15, 0.2) is 42.5 Å². The molecule has 1 saturated heterocycles. The van der Waals surface area contributed by atoms with Crippen molar-refractivity contribution in [1.29, 1.82) is 0 Å². The van der Waals surface area contributed by atoms with E-state index in [0.29, 0.717) is 18.0 Å². The van der Waals surface area contributed by atoms with Crippen molar-refractivity contribution in [2.45, 2.75) is 32.9 Å². The lowest BCUT2D eigenvalue weighted by molar-refractivity contribution is -0.901. The number of hydrogen-bond acceptors (Lipinski definition) is 3. The number of rotatable bonds is 6. The van der Waals surface area contributed by atoms with Crippen LogP contribution in [0.2, 0.25) is 0 Å². The van der Waals surface area contributed by atoms with Gasteiger partial charge in [-0.25, -0.2) is 9.69 Å². The zero-order valence-electron chi connectivity index (χ0n) is 17.1. The smallest absolute Gasteiger partial charge is 0.329 e. The Hall–Kier alpha value is -2.86. The number of imide groups is 1. The molecule has 0 spiro atoms. The van der Waals surface area contributed by atoms with Gasteiger partial charge >= 0.3 is 6.03 Å². The van der Waals surface area contributed by atoms with Crippen LogP contribution >= 0.6 is 0 Å². The Bertz CT molecular complexity index is 912. The second kappa shape index (κ2) is 7.64. The maximum Gasteiger partial charge on any atom is 0.329 e. The number of quaternary nitrogens is 1. The highest BCUT2D eigenvalue weighted by Gasteiger charge is 2.50. The third kappa shape index (κ3) is 3.73. The number of nitrogens with one attached hydrogen (secondary N) is 2. The van der Waals surface area contributed by atoms with Crippen molar-refractivity contribution in [3.8, 4) is 5.75 Å². The summed E-state index contributed by atoms with van der Waals surface area (Å²) in [5, 5.41) is 2.85. The summed E-state index contributed by atoms with van der Waals surface area (Å²) in [6, 6.07) is 13.2. The van der Waals surface area contributed by atoms with Crippen LogP contribution in [0.5, 0.6) is 5.75 Å². The molecular formula is C22H28N3O3+. The Morgan fingerprint density at radius 3 is 2.57 bits per heavy atom. The maximum atomic E-state index is 13.1. The first-order chi connectivity index (χ1) is 13.2. The van der Waals surface area contributed by atoms with E-state index >= 15 is 0 Å². The zero-order valence-corrected chi connectivity index (χ0v) is 17.1. The van der Waals surface area contributed by atoms with Gasteiger partial charge in [0.15, 0.2) is 6.67 Å². The highest BCUT2D eigenvalue weighted by Crippen LogP contribution is 2.30. The number of hydrogen-bond donors (Lipinski definition) is 2. The summed E-state index contributed by atoms with van der Waals surface area (Å²) in [4.78, 5) is 28.1. The second-order valence-corrected chi connectivity index (χ2v) is 7.74. The molecule has 0 radical (unpaired) electrons. The molecule has 28 heavy (non-hydrogen) atoms. The lowest BCUT2D eigenvalue weighted by atomic mass is 9.92. The highest BCUT2D eigenvalue weighted by atomic mass is 16.5. The molecular weight excluding hydrogens is 354 g/mol. The van der Waals surface area contributed by atoms with Crippen molar-refractivity contribution in [3.05, 3.63) is 64.7 Å². The normalized spacial score (nSPS) is 20.2. The fourth-order valence-electron chi connectivity index (χ4n) is 3.67. The van der Waals surface area contributed by atoms with Gasteiger partial charge in [-0.2, -0.15) is 0 Å². The first-order valence-electron chi connectivity index (χ1n) is 9.40. The van der Waals surface area contributed by atoms with E-state index < -0.39 is 5.54 Å². The minimum Gasteiger partial charge on any atom is -0.497 e. The van der Waals surface area contributed by atoms with Crippen LogP contribution in [-0.2, 0) is 16.9 Å². The molecule has 1 heterocycles. The molecule has 2 aromatic carbocycles. The zero-order chi connectivity index (χ0) is 20.5. The monoisotopic (exact) mass is 382 g/mol. The van der Waals surface area contributed by atoms with E-state index in [4.69, 9.17) is 4.74 Å². The summed E-state index contributed by atoms with van der Waals surface area (Å²) in [5.74, 6) is 0.405. The van der Waals surface area contributed by atoms with E-state index in [1.165, 1.54) is 21.6 Å². The Morgan fingerprint density at radius 2 is 1.89 bits per heavy atom. The third-order valence-electron chi connectivity index (χ3n) is 5.34. The molecule has 0 bridgehead atoms. The highest BCUT2D eigenvalue weighted by molar-refractivity contribution is 6.07. The number of methoxy groups -OCH3 is 1. The molecule has 3 rings (SSSR count). The van der Waals surface area contributed by atoms with E-state index in [9.17, 15) is 9.59 Å². The Balaban J connectivity index is 1.76. The van der Waals surface area contributed by atoms with Gasteiger partial charge in [0, 0.05) is 5.56 Å². The van der Waals surface area contributed by atoms with Gasteiger partial charge in [0.25, 0.3) is 5.91 Å². The minimum atomic E-state index is -1.09. The van der Waals surface area contributed by atoms with Gasteiger partial charge in [0.2, 0.25) is 0 Å². The van der Waals surface area contributed by atoms with Crippen LogP contribution in [0.1, 0.15) is 29.2 Å². The molecule has 3 amide bonds. The van der Waals surface area contributed by atoms with Crippen LogP contribution < -0.4 is 15.0 Å². The van der Waals surface area contributed by atoms with E-state index in [1.807, 2.05) is 25.2 Å². The number of aryl methyl sites for hydroxylation is 2. The number of carbonyl (C=O) groups is 2. The van der Waals surface area contributed by atoms with Crippen molar-refractivity contribution < 1.29 is 19.2 Å². The fraction of sp³-hybridized carbons (Fsp3) is 0.364. The van der Waals surface area contributed by atoms with Crippen LogP contribution in [0.4, 0.5) is 4.79 Å². The summed E-state index contributed by atoms with van der Waals surface area (Å²) in [5.41, 5.74) is 3.27. The number of carbonyl (C=O) groups excluding carboxylic acids is 2. The number of nitrogens with zero attached hydrogens (tertiary/aromatic N) is 1. The molecule has 148 valence electrons. The lowest BCUT2D eigenvalue weighted by Crippen LogP contribution is -3.09. The summed E-state index contributed by atoms with van der Waals surface area (Å²) >= 11 is 0. The average Bonchev–Trinajstić information content (AvgIpc) is 2.88. The van der Waals surface area contributed by atoms with Gasteiger partial charge < -0.3 is 15.0 Å². The lowest BCUT2D eigenvalue weighted by Gasteiger charge is -2.24. The van der Waals surface area contributed by atoms with E-state index in [1.54, 1.807) is 20.1 Å². The predicted molar refractivity (Wildman–Crippen MR) is 107 cm³/mol. The van der Waals surface area contributed by atoms with Crippen LogP contribution in [0.25, 0.3) is 0 Å². The Labute approximate surface area is 166 Å². The molecule has 1 unspecified atom stereocenters. The van der Waals surface area contributed by atoms with Gasteiger partial charge in [-0.15, -0.1) is 0 Å². The largest absolute Gasteiger partial charge is 0.497 e. The standard InChI is InChI=1S/C22H27N3O3/c1-15-9-10-17(16(2)11-15)13-24(4)14-25-20(26)22(3,23-21(25)27)18-7-6-8-19(12-18)28-5/h6-12H,13-14H2,1-5H3,(H,23,27)/p+1/t22-/m0/s1. The molecule has 2 aromatic rings. The Morgan fingerprint density at radius 1 is 1.14 bits per heavy atom.